The molecule has 0 unspecified atom stereocenters. The Labute approximate surface area is 118 Å². The van der Waals surface area contributed by atoms with Crippen molar-refractivity contribution in [2.45, 2.75) is 19.8 Å². The Balaban J connectivity index is 2.18. The molecular formula is C13H12BrFN2O2. The maximum atomic E-state index is 13.1. The summed E-state index contributed by atoms with van der Waals surface area (Å²) in [6.45, 7) is 3.93. The van der Waals surface area contributed by atoms with Gasteiger partial charge in [-0.25, -0.2) is 4.39 Å². The predicted molar refractivity (Wildman–Crippen MR) is 72.6 cm³/mol. The number of nitrogens with one attached hydrogen (secondary N) is 1. The summed E-state index contributed by atoms with van der Waals surface area (Å²) in [6, 6.07) is 5.55. The van der Waals surface area contributed by atoms with Crippen LogP contribution in [0.1, 0.15) is 35.8 Å². The molecule has 19 heavy (non-hydrogen) atoms. The van der Waals surface area contributed by atoms with Crippen LogP contribution in [0.15, 0.2) is 33.3 Å². The van der Waals surface area contributed by atoms with Crippen molar-refractivity contribution in [2.24, 2.45) is 0 Å². The summed E-state index contributed by atoms with van der Waals surface area (Å²) in [7, 11) is 0. The van der Waals surface area contributed by atoms with E-state index in [1.165, 1.54) is 12.1 Å². The monoisotopic (exact) mass is 326 g/mol. The number of hydrogen-bond acceptors (Lipinski definition) is 3. The first kappa shape index (κ1) is 13.7. The van der Waals surface area contributed by atoms with E-state index < -0.39 is 11.7 Å². The molecule has 0 saturated carbocycles. The smallest absolute Gasteiger partial charge is 0.259 e. The average molecular weight is 327 g/mol. The number of nitrogens with zero attached hydrogens (tertiary/aromatic N) is 1. The van der Waals surface area contributed by atoms with Crippen LogP contribution in [0.4, 0.5) is 10.3 Å². The molecule has 1 amide bonds. The largest absolute Gasteiger partial charge is 0.338 e. The minimum Gasteiger partial charge on any atom is -0.338 e. The highest BCUT2D eigenvalue weighted by atomic mass is 79.9. The van der Waals surface area contributed by atoms with Gasteiger partial charge in [-0.2, -0.15) is 0 Å². The second-order valence-corrected chi connectivity index (χ2v) is 5.20. The Kier molecular flexibility index (Phi) is 3.99. The number of rotatable bonds is 3. The molecule has 1 aromatic heterocycles. The Bertz CT molecular complexity index is 610. The van der Waals surface area contributed by atoms with Gasteiger partial charge in [-0.05, 0) is 40.0 Å². The van der Waals surface area contributed by atoms with E-state index in [1.807, 2.05) is 13.8 Å². The molecule has 0 fully saturated rings. The van der Waals surface area contributed by atoms with E-state index >= 15 is 0 Å². The number of carbonyl (C=O) groups is 1. The molecule has 2 aromatic rings. The molecule has 2 rings (SSSR count). The zero-order chi connectivity index (χ0) is 14.0. The van der Waals surface area contributed by atoms with Gasteiger partial charge in [0.1, 0.15) is 5.82 Å². The SMILES string of the molecule is CC(C)c1cc(NC(=O)c2cc(F)ccc2Br)on1. The molecule has 0 saturated heterocycles. The summed E-state index contributed by atoms with van der Waals surface area (Å²) >= 11 is 3.20. The molecule has 1 aromatic carbocycles. The standard InChI is InChI=1S/C13H12BrFN2O2/c1-7(2)11-6-12(19-17-11)16-13(18)9-5-8(15)3-4-10(9)14/h3-7H,1-2H3,(H,16,18). The lowest BCUT2D eigenvalue weighted by Gasteiger charge is -2.03. The van der Waals surface area contributed by atoms with Gasteiger partial charge in [-0.15, -0.1) is 0 Å². The van der Waals surface area contributed by atoms with Crippen LogP contribution >= 0.6 is 15.9 Å². The van der Waals surface area contributed by atoms with Gasteiger partial charge < -0.3 is 4.52 Å². The highest BCUT2D eigenvalue weighted by molar-refractivity contribution is 9.10. The van der Waals surface area contributed by atoms with E-state index in [0.29, 0.717) is 4.47 Å². The summed E-state index contributed by atoms with van der Waals surface area (Å²) in [4.78, 5) is 12.0. The van der Waals surface area contributed by atoms with Crippen molar-refractivity contribution in [3.05, 3.63) is 45.8 Å². The fourth-order valence-corrected chi connectivity index (χ4v) is 1.90. The first-order chi connectivity index (χ1) is 8.97. The molecule has 0 aliphatic carbocycles. The number of benzene rings is 1. The lowest BCUT2D eigenvalue weighted by molar-refractivity contribution is 0.102. The summed E-state index contributed by atoms with van der Waals surface area (Å²) in [5, 5.41) is 6.36. The van der Waals surface area contributed by atoms with Gasteiger partial charge in [0, 0.05) is 10.5 Å². The van der Waals surface area contributed by atoms with Crippen LogP contribution in [0.5, 0.6) is 0 Å². The minimum atomic E-state index is -0.478. The highest BCUT2D eigenvalue weighted by Gasteiger charge is 2.14. The van der Waals surface area contributed by atoms with Crippen LogP contribution in [0.3, 0.4) is 0 Å². The van der Waals surface area contributed by atoms with Gasteiger partial charge in [-0.1, -0.05) is 19.0 Å². The van der Waals surface area contributed by atoms with Crippen LogP contribution in [0, 0.1) is 5.82 Å². The van der Waals surface area contributed by atoms with Crippen LogP contribution < -0.4 is 5.32 Å². The van der Waals surface area contributed by atoms with Gasteiger partial charge in [0.25, 0.3) is 5.91 Å². The molecule has 0 radical (unpaired) electrons. The van der Waals surface area contributed by atoms with Crippen molar-refractivity contribution in [2.75, 3.05) is 5.32 Å². The predicted octanol–water partition coefficient (Wildman–Crippen LogP) is 3.95. The van der Waals surface area contributed by atoms with Crippen LogP contribution in [0.25, 0.3) is 0 Å². The molecule has 6 heteroatoms. The summed E-state index contributed by atoms with van der Waals surface area (Å²) in [6.07, 6.45) is 0. The van der Waals surface area contributed by atoms with E-state index in [1.54, 1.807) is 6.07 Å². The molecule has 0 atom stereocenters. The summed E-state index contributed by atoms with van der Waals surface area (Å²) in [5.74, 6) is -0.494. The molecule has 4 nitrogen and oxygen atoms in total. The molecule has 1 heterocycles. The van der Waals surface area contributed by atoms with E-state index in [9.17, 15) is 9.18 Å². The zero-order valence-corrected chi connectivity index (χ0v) is 12.0. The third kappa shape index (κ3) is 3.20. The highest BCUT2D eigenvalue weighted by Crippen LogP contribution is 2.21. The fraction of sp³-hybridized carbons (Fsp3) is 0.231. The van der Waals surface area contributed by atoms with E-state index in [4.69, 9.17) is 4.52 Å². The number of amides is 1. The average Bonchev–Trinajstić information content (AvgIpc) is 2.80. The topological polar surface area (TPSA) is 55.1 Å². The third-order valence-corrected chi connectivity index (χ3v) is 3.22. The number of halogens is 2. The second kappa shape index (κ2) is 5.52. The van der Waals surface area contributed by atoms with Gasteiger partial charge in [0.15, 0.2) is 0 Å². The first-order valence-electron chi connectivity index (χ1n) is 5.70. The van der Waals surface area contributed by atoms with Gasteiger partial charge in [-0.3, -0.25) is 10.1 Å². The van der Waals surface area contributed by atoms with Gasteiger partial charge in [0.05, 0.1) is 11.3 Å². The first-order valence-corrected chi connectivity index (χ1v) is 6.49. The quantitative estimate of drug-likeness (QED) is 0.929. The lowest BCUT2D eigenvalue weighted by atomic mass is 10.1. The fourth-order valence-electron chi connectivity index (χ4n) is 1.47. The van der Waals surface area contributed by atoms with Crippen molar-refractivity contribution in [3.8, 4) is 0 Å². The van der Waals surface area contributed by atoms with E-state index in [-0.39, 0.29) is 17.4 Å². The van der Waals surface area contributed by atoms with Crippen LogP contribution in [-0.4, -0.2) is 11.1 Å². The number of anilines is 1. The zero-order valence-electron chi connectivity index (χ0n) is 10.4. The number of hydrogen-bond donors (Lipinski definition) is 1. The van der Waals surface area contributed by atoms with E-state index in [2.05, 4.69) is 26.4 Å². The maximum Gasteiger partial charge on any atom is 0.259 e. The summed E-state index contributed by atoms with van der Waals surface area (Å²) < 4.78 is 18.6. The summed E-state index contributed by atoms with van der Waals surface area (Å²) in [5.41, 5.74) is 0.941. The Morgan fingerprint density at radius 1 is 1.42 bits per heavy atom. The molecule has 0 spiro atoms. The third-order valence-electron chi connectivity index (χ3n) is 2.53. The van der Waals surface area contributed by atoms with Gasteiger partial charge in [0.2, 0.25) is 5.88 Å². The Morgan fingerprint density at radius 3 is 2.79 bits per heavy atom. The molecule has 0 bridgehead atoms. The molecule has 100 valence electrons. The van der Waals surface area contributed by atoms with Crippen molar-refractivity contribution in [1.29, 1.82) is 0 Å². The number of carbonyl (C=O) groups excluding carboxylic acids is 1. The minimum absolute atomic E-state index is 0.197. The van der Waals surface area contributed by atoms with Crippen LogP contribution in [-0.2, 0) is 0 Å². The number of aromatic nitrogens is 1. The maximum absolute atomic E-state index is 13.1. The second-order valence-electron chi connectivity index (χ2n) is 4.35. The van der Waals surface area contributed by atoms with Crippen molar-refractivity contribution < 1.29 is 13.7 Å². The van der Waals surface area contributed by atoms with Crippen molar-refractivity contribution in [1.82, 2.24) is 5.16 Å². The lowest BCUT2D eigenvalue weighted by Crippen LogP contribution is -2.12. The Hall–Kier alpha value is -1.69. The van der Waals surface area contributed by atoms with Crippen molar-refractivity contribution in [3.63, 3.8) is 0 Å². The van der Waals surface area contributed by atoms with Crippen LogP contribution in [0.2, 0.25) is 0 Å². The normalized spacial score (nSPS) is 10.8. The molecule has 1 N–H and O–H groups in total. The van der Waals surface area contributed by atoms with Crippen molar-refractivity contribution >= 4 is 27.7 Å². The Morgan fingerprint density at radius 2 is 2.16 bits per heavy atom. The molecule has 0 aliphatic heterocycles. The molecular weight excluding hydrogens is 315 g/mol. The van der Waals surface area contributed by atoms with Gasteiger partial charge >= 0.3 is 0 Å². The molecule has 0 aliphatic rings. The van der Waals surface area contributed by atoms with E-state index in [0.717, 1.165) is 11.8 Å².